The van der Waals surface area contributed by atoms with E-state index >= 15 is 0 Å². The minimum Gasteiger partial charge on any atom is -0.497 e. The lowest BCUT2D eigenvalue weighted by Crippen LogP contribution is -2.40. The zero-order chi connectivity index (χ0) is 19.1. The molecule has 140 valence electrons. The molecule has 2 aromatic rings. The molecule has 0 heterocycles. The van der Waals surface area contributed by atoms with E-state index in [-0.39, 0.29) is 11.9 Å². The monoisotopic (exact) mass is 395 g/mol. The maximum absolute atomic E-state index is 14.2. The fourth-order valence-electron chi connectivity index (χ4n) is 2.55. The van der Waals surface area contributed by atoms with E-state index in [9.17, 15) is 4.39 Å². The lowest BCUT2D eigenvalue weighted by Gasteiger charge is -2.27. The van der Waals surface area contributed by atoms with Crippen molar-refractivity contribution in [1.82, 2.24) is 15.5 Å². The van der Waals surface area contributed by atoms with Gasteiger partial charge in [0.1, 0.15) is 11.6 Å². The number of ether oxygens (including phenoxy) is 1. The summed E-state index contributed by atoms with van der Waals surface area (Å²) >= 11 is 11.5. The van der Waals surface area contributed by atoms with Crippen molar-refractivity contribution in [2.75, 3.05) is 27.7 Å². The van der Waals surface area contributed by atoms with Crippen molar-refractivity contribution >= 4 is 28.9 Å². The van der Waals surface area contributed by atoms with Crippen molar-refractivity contribution in [2.24, 2.45) is 0 Å². The number of nitrogens with one attached hydrogen (secondary N) is 2. The van der Waals surface area contributed by atoms with Gasteiger partial charge in [-0.25, -0.2) is 4.39 Å². The SMILES string of the molecule is COc1ccc(CNC(=S)NC[C@@H](c2c(F)cccc2Cl)N(C)C)cc1. The van der Waals surface area contributed by atoms with E-state index in [1.807, 2.05) is 43.3 Å². The molecule has 0 saturated carbocycles. The van der Waals surface area contributed by atoms with Crippen LogP contribution >= 0.6 is 23.8 Å². The molecule has 0 aliphatic heterocycles. The summed E-state index contributed by atoms with van der Waals surface area (Å²) in [6.45, 7) is 1.02. The number of benzene rings is 2. The van der Waals surface area contributed by atoms with Crippen LogP contribution in [0.1, 0.15) is 17.2 Å². The molecule has 0 radical (unpaired) electrons. The molecular formula is C19H23ClFN3OS. The van der Waals surface area contributed by atoms with E-state index in [1.165, 1.54) is 6.07 Å². The quantitative estimate of drug-likeness (QED) is 0.698. The Morgan fingerprint density at radius 1 is 1.19 bits per heavy atom. The van der Waals surface area contributed by atoms with Gasteiger partial charge in [-0.15, -0.1) is 0 Å². The van der Waals surface area contributed by atoms with Crippen molar-refractivity contribution in [2.45, 2.75) is 12.6 Å². The van der Waals surface area contributed by atoms with Crippen molar-refractivity contribution in [3.63, 3.8) is 0 Å². The number of hydrogen-bond donors (Lipinski definition) is 2. The second kappa shape index (κ2) is 9.71. The summed E-state index contributed by atoms with van der Waals surface area (Å²) in [6.07, 6.45) is 0. The number of nitrogens with zero attached hydrogens (tertiary/aromatic N) is 1. The van der Waals surface area contributed by atoms with Gasteiger partial charge in [0.15, 0.2) is 5.11 Å². The highest BCUT2D eigenvalue weighted by Gasteiger charge is 2.21. The average molecular weight is 396 g/mol. The van der Waals surface area contributed by atoms with Gasteiger partial charge in [0.25, 0.3) is 0 Å². The Bertz CT molecular complexity index is 720. The third-order valence-corrected chi connectivity index (χ3v) is 4.64. The molecular weight excluding hydrogens is 373 g/mol. The highest BCUT2D eigenvalue weighted by molar-refractivity contribution is 7.80. The van der Waals surface area contributed by atoms with Gasteiger partial charge in [-0.1, -0.05) is 29.8 Å². The molecule has 0 fully saturated rings. The number of likely N-dealkylation sites (N-methyl/N-ethyl adjacent to an activating group) is 1. The maximum Gasteiger partial charge on any atom is 0.166 e. The number of thiocarbonyl (C=S) groups is 1. The van der Waals surface area contributed by atoms with Crippen LogP contribution in [0, 0.1) is 5.82 Å². The van der Waals surface area contributed by atoms with Gasteiger partial charge in [-0.2, -0.15) is 0 Å². The summed E-state index contributed by atoms with van der Waals surface area (Å²) in [7, 11) is 5.39. The number of halogens is 2. The molecule has 0 aliphatic carbocycles. The van der Waals surface area contributed by atoms with Crippen molar-refractivity contribution in [3.05, 3.63) is 64.4 Å². The van der Waals surface area contributed by atoms with Crippen LogP contribution in [0.2, 0.25) is 5.02 Å². The van der Waals surface area contributed by atoms with Gasteiger partial charge < -0.3 is 20.3 Å². The molecule has 2 aromatic carbocycles. The van der Waals surface area contributed by atoms with Crippen LogP contribution in [0.25, 0.3) is 0 Å². The third kappa shape index (κ3) is 5.56. The molecule has 2 N–H and O–H groups in total. The number of rotatable bonds is 7. The smallest absolute Gasteiger partial charge is 0.166 e. The topological polar surface area (TPSA) is 36.5 Å². The standard InChI is InChI=1S/C19H23ClFN3OS/c1-24(2)17(18-15(20)5-4-6-16(18)21)12-23-19(26)22-11-13-7-9-14(25-3)10-8-13/h4-10,17H,11-12H2,1-3H3,(H2,22,23,26)/t17-/m0/s1. The summed E-state index contributed by atoms with van der Waals surface area (Å²) in [4.78, 5) is 1.91. The number of hydrogen-bond acceptors (Lipinski definition) is 3. The van der Waals surface area contributed by atoms with E-state index in [2.05, 4.69) is 10.6 Å². The van der Waals surface area contributed by atoms with Crippen molar-refractivity contribution in [3.8, 4) is 5.75 Å². The average Bonchev–Trinajstić information content (AvgIpc) is 2.62. The fraction of sp³-hybridized carbons (Fsp3) is 0.316. The zero-order valence-electron chi connectivity index (χ0n) is 15.1. The molecule has 26 heavy (non-hydrogen) atoms. The van der Waals surface area contributed by atoms with Crippen LogP contribution in [-0.2, 0) is 6.54 Å². The Kier molecular flexibility index (Phi) is 7.63. The van der Waals surface area contributed by atoms with Crippen LogP contribution in [0.3, 0.4) is 0 Å². The maximum atomic E-state index is 14.2. The van der Waals surface area contributed by atoms with Gasteiger partial charge in [0.2, 0.25) is 0 Å². The van der Waals surface area contributed by atoms with E-state index < -0.39 is 0 Å². The van der Waals surface area contributed by atoms with E-state index in [4.69, 9.17) is 28.6 Å². The number of methoxy groups -OCH3 is 1. The minimum absolute atomic E-state index is 0.246. The predicted molar refractivity (Wildman–Crippen MR) is 108 cm³/mol. The van der Waals surface area contributed by atoms with Gasteiger partial charge in [-0.05, 0) is 56.1 Å². The van der Waals surface area contributed by atoms with Crippen molar-refractivity contribution < 1.29 is 9.13 Å². The summed E-state index contributed by atoms with van der Waals surface area (Å²) in [5, 5.41) is 7.19. The Hall–Kier alpha value is -1.89. The molecule has 0 amide bonds. The first-order valence-electron chi connectivity index (χ1n) is 8.17. The molecule has 0 aliphatic rings. The van der Waals surface area contributed by atoms with Crippen LogP contribution in [0.5, 0.6) is 5.75 Å². The molecule has 7 heteroatoms. The van der Waals surface area contributed by atoms with Gasteiger partial charge in [0.05, 0.1) is 13.2 Å². The lowest BCUT2D eigenvalue weighted by atomic mass is 10.1. The Morgan fingerprint density at radius 2 is 1.88 bits per heavy atom. The summed E-state index contributed by atoms with van der Waals surface area (Å²) in [6, 6.07) is 12.2. The van der Waals surface area contributed by atoms with Crippen LogP contribution in [0.4, 0.5) is 4.39 Å². The van der Waals surface area contributed by atoms with E-state index in [0.717, 1.165) is 11.3 Å². The Balaban J connectivity index is 1.93. The van der Waals surface area contributed by atoms with Gasteiger partial charge >= 0.3 is 0 Å². The van der Waals surface area contributed by atoms with Crippen LogP contribution in [-0.4, -0.2) is 37.8 Å². The molecule has 0 bridgehead atoms. The molecule has 0 saturated heterocycles. The van der Waals surface area contributed by atoms with E-state index in [1.54, 1.807) is 19.2 Å². The zero-order valence-corrected chi connectivity index (χ0v) is 16.6. The predicted octanol–water partition coefficient (Wildman–Crippen LogP) is 3.75. The molecule has 0 spiro atoms. The third-order valence-electron chi connectivity index (χ3n) is 4.02. The molecule has 1 atom stereocenters. The minimum atomic E-state index is -0.324. The van der Waals surface area contributed by atoms with E-state index in [0.29, 0.717) is 28.8 Å². The summed E-state index contributed by atoms with van der Waals surface area (Å²) in [5.74, 6) is 0.486. The van der Waals surface area contributed by atoms with Crippen molar-refractivity contribution in [1.29, 1.82) is 0 Å². The summed E-state index contributed by atoms with van der Waals surface area (Å²) < 4.78 is 19.4. The highest BCUT2D eigenvalue weighted by Crippen LogP contribution is 2.28. The fourth-order valence-corrected chi connectivity index (χ4v) is 2.99. The molecule has 4 nitrogen and oxygen atoms in total. The lowest BCUT2D eigenvalue weighted by molar-refractivity contribution is 0.291. The largest absolute Gasteiger partial charge is 0.497 e. The molecule has 2 rings (SSSR count). The second-order valence-electron chi connectivity index (χ2n) is 6.03. The highest BCUT2D eigenvalue weighted by atomic mass is 35.5. The van der Waals surface area contributed by atoms with Crippen LogP contribution < -0.4 is 15.4 Å². The second-order valence-corrected chi connectivity index (χ2v) is 6.84. The van der Waals surface area contributed by atoms with Gasteiger partial charge in [-0.3, -0.25) is 0 Å². The first-order chi connectivity index (χ1) is 12.4. The Morgan fingerprint density at radius 3 is 2.46 bits per heavy atom. The molecule has 0 unspecified atom stereocenters. The Labute approximate surface area is 164 Å². The van der Waals surface area contributed by atoms with Gasteiger partial charge in [0, 0.05) is 23.7 Å². The first kappa shape index (κ1) is 20.4. The first-order valence-corrected chi connectivity index (χ1v) is 8.96. The van der Waals surface area contributed by atoms with Crippen LogP contribution in [0.15, 0.2) is 42.5 Å². The normalized spacial score (nSPS) is 11.9. The molecule has 0 aromatic heterocycles. The summed E-state index contributed by atoms with van der Waals surface area (Å²) in [5.41, 5.74) is 1.54.